The number of halogens is 1. The number of methoxy groups -OCH3 is 2. The Labute approximate surface area is 126 Å². The van der Waals surface area contributed by atoms with E-state index in [0.29, 0.717) is 23.1 Å². The molecule has 20 heavy (non-hydrogen) atoms. The summed E-state index contributed by atoms with van der Waals surface area (Å²) in [5.74, 6) is 1.15. The summed E-state index contributed by atoms with van der Waals surface area (Å²) in [6.45, 7) is 4.85. The maximum Gasteiger partial charge on any atom is 0.179 e. The van der Waals surface area contributed by atoms with Gasteiger partial charge in [-0.3, -0.25) is 0 Å². The molecule has 0 saturated heterocycles. The van der Waals surface area contributed by atoms with Gasteiger partial charge in [-0.05, 0) is 30.5 Å². The predicted octanol–water partition coefficient (Wildman–Crippen LogP) is 3.00. The summed E-state index contributed by atoms with van der Waals surface area (Å²) in [6, 6.07) is 3.74. The van der Waals surface area contributed by atoms with Gasteiger partial charge in [-0.25, -0.2) is 0 Å². The fourth-order valence-corrected chi connectivity index (χ4v) is 2.45. The van der Waals surface area contributed by atoms with Crippen LogP contribution in [0.3, 0.4) is 0 Å². The van der Waals surface area contributed by atoms with Crippen molar-refractivity contribution in [2.24, 2.45) is 0 Å². The van der Waals surface area contributed by atoms with E-state index >= 15 is 0 Å². The van der Waals surface area contributed by atoms with Gasteiger partial charge in [0.25, 0.3) is 0 Å². The summed E-state index contributed by atoms with van der Waals surface area (Å²) in [4.78, 5) is 0. The summed E-state index contributed by atoms with van der Waals surface area (Å²) in [7, 11) is 3.15. The summed E-state index contributed by atoms with van der Waals surface area (Å²) in [5.41, 5.74) is 0.743. The van der Waals surface area contributed by atoms with E-state index in [1.54, 1.807) is 14.2 Å². The molecular weight excluding hydrogens is 278 g/mol. The Morgan fingerprint density at radius 3 is 2.30 bits per heavy atom. The molecule has 4 nitrogen and oxygen atoms in total. The van der Waals surface area contributed by atoms with Crippen molar-refractivity contribution in [1.29, 1.82) is 0 Å². The van der Waals surface area contributed by atoms with Crippen LogP contribution in [0, 0.1) is 0 Å². The smallest absolute Gasteiger partial charge is 0.179 e. The van der Waals surface area contributed by atoms with Crippen LogP contribution in [0.15, 0.2) is 12.1 Å². The monoisotopic (exact) mass is 301 g/mol. The Morgan fingerprint density at radius 1 is 1.20 bits per heavy atom. The summed E-state index contributed by atoms with van der Waals surface area (Å²) < 4.78 is 10.5. The van der Waals surface area contributed by atoms with Gasteiger partial charge in [-0.1, -0.05) is 25.4 Å². The zero-order valence-electron chi connectivity index (χ0n) is 12.6. The molecule has 0 spiro atoms. The number of ether oxygens (including phenoxy) is 2. The highest BCUT2D eigenvalue weighted by Gasteiger charge is 2.24. The molecule has 0 aliphatic heterocycles. The number of nitrogens with one attached hydrogen (secondary N) is 1. The van der Waals surface area contributed by atoms with E-state index in [2.05, 4.69) is 19.2 Å². The number of benzene rings is 1. The van der Waals surface area contributed by atoms with Gasteiger partial charge in [-0.2, -0.15) is 0 Å². The topological polar surface area (TPSA) is 50.7 Å². The van der Waals surface area contributed by atoms with Gasteiger partial charge in [-0.15, -0.1) is 0 Å². The molecule has 5 heteroatoms. The zero-order chi connectivity index (χ0) is 15.2. The van der Waals surface area contributed by atoms with Crippen LogP contribution < -0.4 is 14.8 Å². The molecule has 0 bridgehead atoms. The van der Waals surface area contributed by atoms with Crippen LogP contribution in [0.25, 0.3) is 0 Å². The lowest BCUT2D eigenvalue weighted by atomic mass is 9.93. The Hall–Kier alpha value is -0.970. The minimum Gasteiger partial charge on any atom is -0.493 e. The van der Waals surface area contributed by atoms with Crippen LogP contribution in [0.1, 0.15) is 32.3 Å². The van der Waals surface area contributed by atoms with E-state index < -0.39 is 0 Å². The van der Waals surface area contributed by atoms with E-state index in [9.17, 15) is 5.11 Å². The molecule has 1 aromatic carbocycles. The minimum atomic E-state index is -0.250. The fraction of sp³-hybridized carbons (Fsp3) is 0.600. The lowest BCUT2D eigenvalue weighted by Crippen LogP contribution is -2.47. The maximum atomic E-state index is 9.56. The van der Waals surface area contributed by atoms with Crippen LogP contribution >= 0.6 is 11.6 Å². The van der Waals surface area contributed by atoms with Crippen LogP contribution in [-0.2, 0) is 6.54 Å². The second-order valence-electron chi connectivity index (χ2n) is 4.81. The molecule has 0 fully saturated rings. The second-order valence-corrected chi connectivity index (χ2v) is 5.22. The normalized spacial score (nSPS) is 11.5. The summed E-state index contributed by atoms with van der Waals surface area (Å²) in [6.07, 6.45) is 1.72. The van der Waals surface area contributed by atoms with Crippen LogP contribution in [0.5, 0.6) is 11.5 Å². The number of hydrogen-bond donors (Lipinski definition) is 2. The SMILES string of the molecule is CCC(CC)(CO)NCc1cc(Cl)c(OC)c(OC)c1. The molecule has 0 unspecified atom stereocenters. The van der Waals surface area contributed by atoms with Crippen LogP contribution in [0.4, 0.5) is 0 Å². The highest BCUT2D eigenvalue weighted by molar-refractivity contribution is 6.32. The van der Waals surface area contributed by atoms with E-state index in [0.717, 1.165) is 18.4 Å². The van der Waals surface area contributed by atoms with Gasteiger partial charge >= 0.3 is 0 Å². The lowest BCUT2D eigenvalue weighted by Gasteiger charge is -2.31. The lowest BCUT2D eigenvalue weighted by molar-refractivity contribution is 0.149. The first-order valence-electron chi connectivity index (χ1n) is 6.82. The van der Waals surface area contributed by atoms with Gasteiger partial charge in [0.05, 0.1) is 25.8 Å². The average Bonchev–Trinajstić information content (AvgIpc) is 2.48. The molecule has 0 atom stereocenters. The minimum absolute atomic E-state index is 0.112. The number of aliphatic hydroxyl groups is 1. The Bertz CT molecular complexity index is 425. The molecule has 0 aliphatic rings. The Kier molecular flexibility index (Phi) is 6.59. The standard InChI is InChI=1S/C15H24ClNO3/c1-5-15(6-2,10-18)17-9-11-7-12(16)14(20-4)13(8-11)19-3/h7-8,17-18H,5-6,9-10H2,1-4H3. The van der Waals surface area contributed by atoms with E-state index in [1.807, 2.05) is 12.1 Å². The molecule has 0 aromatic heterocycles. The average molecular weight is 302 g/mol. The van der Waals surface area contributed by atoms with Gasteiger partial charge in [0.2, 0.25) is 0 Å². The Balaban J connectivity index is 2.91. The van der Waals surface area contributed by atoms with Crippen molar-refractivity contribution in [3.63, 3.8) is 0 Å². The largest absolute Gasteiger partial charge is 0.493 e. The van der Waals surface area contributed by atoms with Crippen LogP contribution in [-0.4, -0.2) is 31.5 Å². The highest BCUT2D eigenvalue weighted by Crippen LogP contribution is 2.36. The molecule has 0 saturated carbocycles. The van der Waals surface area contributed by atoms with Crippen molar-refractivity contribution in [2.75, 3.05) is 20.8 Å². The van der Waals surface area contributed by atoms with E-state index in [4.69, 9.17) is 21.1 Å². The first kappa shape index (κ1) is 17.1. The molecule has 0 amide bonds. The highest BCUT2D eigenvalue weighted by atomic mass is 35.5. The van der Waals surface area contributed by atoms with Gasteiger partial charge in [0.15, 0.2) is 11.5 Å². The molecule has 0 radical (unpaired) electrons. The number of rotatable bonds is 8. The van der Waals surface area contributed by atoms with Crippen molar-refractivity contribution < 1.29 is 14.6 Å². The second kappa shape index (κ2) is 7.72. The first-order valence-corrected chi connectivity index (χ1v) is 7.19. The number of hydrogen-bond acceptors (Lipinski definition) is 4. The summed E-state index contributed by atoms with van der Waals surface area (Å²) >= 11 is 6.18. The van der Waals surface area contributed by atoms with Crippen molar-refractivity contribution in [3.05, 3.63) is 22.7 Å². The van der Waals surface area contributed by atoms with Gasteiger partial charge in [0.1, 0.15) is 0 Å². The molecule has 1 rings (SSSR count). The molecule has 1 aromatic rings. The van der Waals surface area contributed by atoms with Crippen molar-refractivity contribution in [3.8, 4) is 11.5 Å². The van der Waals surface area contributed by atoms with Crippen LogP contribution in [0.2, 0.25) is 5.02 Å². The third kappa shape index (κ3) is 3.78. The van der Waals surface area contributed by atoms with Crippen molar-refractivity contribution in [2.45, 2.75) is 38.8 Å². The van der Waals surface area contributed by atoms with E-state index in [-0.39, 0.29) is 12.1 Å². The quantitative estimate of drug-likeness (QED) is 0.775. The molecule has 0 heterocycles. The van der Waals surface area contributed by atoms with Gasteiger partial charge < -0.3 is 19.9 Å². The summed E-state index contributed by atoms with van der Waals surface area (Å²) in [5, 5.41) is 13.5. The first-order chi connectivity index (χ1) is 9.55. The zero-order valence-corrected chi connectivity index (χ0v) is 13.4. The molecule has 0 aliphatic carbocycles. The third-order valence-electron chi connectivity index (χ3n) is 3.82. The van der Waals surface area contributed by atoms with Crippen molar-refractivity contribution in [1.82, 2.24) is 5.32 Å². The fourth-order valence-electron chi connectivity index (χ4n) is 2.14. The van der Waals surface area contributed by atoms with Crippen molar-refractivity contribution >= 4 is 11.6 Å². The van der Waals surface area contributed by atoms with Gasteiger partial charge in [0, 0.05) is 12.1 Å². The molecule has 114 valence electrons. The van der Waals surface area contributed by atoms with E-state index in [1.165, 1.54) is 0 Å². The third-order valence-corrected chi connectivity index (χ3v) is 4.10. The number of aliphatic hydroxyl groups excluding tert-OH is 1. The predicted molar refractivity (Wildman–Crippen MR) is 81.8 cm³/mol. The Morgan fingerprint density at radius 2 is 1.85 bits per heavy atom. The molecular formula is C15H24ClNO3. The maximum absolute atomic E-state index is 9.56. The molecule has 2 N–H and O–H groups in total.